The lowest BCUT2D eigenvalue weighted by Crippen LogP contribution is -2.70. The summed E-state index contributed by atoms with van der Waals surface area (Å²) in [6.07, 6.45) is 4.05. The van der Waals surface area contributed by atoms with Crippen molar-refractivity contribution in [3.63, 3.8) is 0 Å². The number of hydrogen-bond acceptors (Lipinski definition) is 6. The summed E-state index contributed by atoms with van der Waals surface area (Å²) < 4.78 is 0. The van der Waals surface area contributed by atoms with Gasteiger partial charge in [-0.15, -0.1) is 0 Å². The van der Waals surface area contributed by atoms with Gasteiger partial charge in [0.05, 0.1) is 12.3 Å². The third kappa shape index (κ3) is 5.90. The second-order valence-electron chi connectivity index (χ2n) is 11.6. The molecule has 0 spiro atoms. The van der Waals surface area contributed by atoms with Crippen molar-refractivity contribution in [2.45, 2.75) is 51.0 Å². The monoisotopic (exact) mass is 581 g/mol. The second-order valence-corrected chi connectivity index (χ2v) is 11.6. The molecule has 42 heavy (non-hydrogen) atoms. The van der Waals surface area contributed by atoms with E-state index in [0.717, 1.165) is 29.0 Å². The summed E-state index contributed by atoms with van der Waals surface area (Å²) in [5.41, 5.74) is 7.58. The van der Waals surface area contributed by atoms with Gasteiger partial charge in [-0.05, 0) is 49.7 Å². The number of guanidine groups is 1. The number of aliphatic carboxylic acids is 1. The highest BCUT2D eigenvalue weighted by molar-refractivity contribution is 6.07. The number of unbranched alkanes of at least 4 members (excludes halogenated alkanes) is 1. The number of nitrogens with two attached hydrogens (primary N) is 1. The zero-order chi connectivity index (χ0) is 30.0. The van der Waals surface area contributed by atoms with Crippen molar-refractivity contribution >= 4 is 41.4 Å². The van der Waals surface area contributed by atoms with Gasteiger partial charge < -0.3 is 30.4 Å². The summed E-state index contributed by atoms with van der Waals surface area (Å²) in [7, 11) is 0. The molecule has 0 aromatic heterocycles. The molecule has 4 heterocycles. The second kappa shape index (κ2) is 12.4. The van der Waals surface area contributed by atoms with E-state index < -0.39 is 29.9 Å². The minimum atomic E-state index is -1.22. The highest BCUT2D eigenvalue weighted by atomic mass is 16.4. The number of benzene rings is 1. The normalized spacial score (nSPS) is 24.0. The molecule has 3 saturated heterocycles. The molecular weight excluding hydrogens is 542 g/mol. The minimum absolute atomic E-state index is 0.0224. The molecule has 5 amide bonds. The Labute approximate surface area is 244 Å². The molecule has 0 aliphatic carbocycles. The van der Waals surface area contributed by atoms with Gasteiger partial charge in [0.1, 0.15) is 0 Å². The molecule has 2 unspecified atom stereocenters. The highest BCUT2D eigenvalue weighted by Gasteiger charge is 2.56. The summed E-state index contributed by atoms with van der Waals surface area (Å²) >= 11 is 0. The van der Waals surface area contributed by atoms with Crippen LogP contribution in [-0.2, 0) is 25.6 Å². The highest BCUT2D eigenvalue weighted by Crippen LogP contribution is 2.36. The van der Waals surface area contributed by atoms with E-state index >= 15 is 0 Å². The van der Waals surface area contributed by atoms with E-state index in [1.807, 2.05) is 24.3 Å². The van der Waals surface area contributed by atoms with Gasteiger partial charge in [0, 0.05) is 57.9 Å². The summed E-state index contributed by atoms with van der Waals surface area (Å²) in [5, 5.41) is 17.5. The van der Waals surface area contributed by atoms with Gasteiger partial charge in [0.15, 0.2) is 12.0 Å². The fraction of sp³-hybridized carbons (Fsp3) is 0.586. The number of carboxylic acid groups (broad SMARTS) is 1. The Morgan fingerprint density at radius 2 is 1.69 bits per heavy atom. The van der Waals surface area contributed by atoms with E-state index in [2.05, 4.69) is 0 Å². The lowest BCUT2D eigenvalue weighted by Gasteiger charge is -2.47. The lowest BCUT2D eigenvalue weighted by molar-refractivity contribution is -0.167. The number of imide groups is 1. The number of piperidine rings is 1. The first kappa shape index (κ1) is 29.3. The molecular formula is C29H39N7O6. The number of carbonyl (C=O) groups is 5. The average Bonchev–Trinajstić information content (AvgIpc) is 3.30. The topological polar surface area (TPSA) is 172 Å². The Morgan fingerprint density at radius 3 is 2.40 bits per heavy atom. The minimum Gasteiger partial charge on any atom is -0.480 e. The number of carboxylic acids is 1. The van der Waals surface area contributed by atoms with E-state index in [1.165, 1.54) is 4.90 Å². The van der Waals surface area contributed by atoms with Crippen LogP contribution in [0.15, 0.2) is 24.3 Å². The van der Waals surface area contributed by atoms with Gasteiger partial charge in [-0.2, -0.15) is 0 Å². The molecule has 0 saturated carbocycles. The number of carbonyl (C=O) groups excluding carboxylic acids is 4. The van der Waals surface area contributed by atoms with E-state index in [4.69, 9.17) is 11.1 Å². The number of nitrogens with one attached hydrogen (secondary N) is 1. The number of hydrogen-bond donors (Lipinski definition) is 3. The predicted octanol–water partition coefficient (Wildman–Crippen LogP) is 0.917. The first-order chi connectivity index (χ1) is 20.2. The SMILES string of the molecule is N=C(N)N1CCCC(C[C@H]2C(=O)N(C(=O)N3CCN(C(=O)CCCCN4C(=O)Cc5ccccc54)CC3)C2C(=O)O)C1. The molecule has 3 fully saturated rings. The smallest absolute Gasteiger partial charge is 0.327 e. The number of fused-ring (bicyclic) bond motifs is 1. The van der Waals surface area contributed by atoms with Gasteiger partial charge >= 0.3 is 12.0 Å². The molecule has 0 radical (unpaired) electrons. The van der Waals surface area contributed by atoms with Crippen LogP contribution in [0.4, 0.5) is 10.5 Å². The number of amides is 5. The number of likely N-dealkylation sites (tertiary alicyclic amines) is 2. The Balaban J connectivity index is 1.06. The molecule has 4 aliphatic heterocycles. The van der Waals surface area contributed by atoms with Crippen LogP contribution >= 0.6 is 0 Å². The third-order valence-electron chi connectivity index (χ3n) is 8.97. The van der Waals surface area contributed by atoms with E-state index in [-0.39, 0.29) is 36.8 Å². The van der Waals surface area contributed by atoms with Gasteiger partial charge in [-0.25, -0.2) is 14.5 Å². The van der Waals surface area contributed by atoms with Crippen molar-refractivity contribution in [1.29, 1.82) is 5.41 Å². The van der Waals surface area contributed by atoms with E-state index in [1.54, 1.807) is 14.7 Å². The first-order valence-electron chi connectivity index (χ1n) is 14.8. The standard InChI is InChI=1S/C29H39N7O6/c30-28(31)34-10-5-6-19(18-34)16-21-25(27(40)41)36(26(21)39)29(42)33-14-12-32(13-15-33)23(37)9-3-4-11-35-22-8-2-1-7-20(22)17-24(35)38/h1-2,7-8,19,21,25H,3-6,9-18H2,(H3,30,31)(H,40,41)/t19?,21-,25?/m1/s1. The predicted molar refractivity (Wildman–Crippen MR) is 152 cm³/mol. The summed E-state index contributed by atoms with van der Waals surface area (Å²) in [4.78, 5) is 70.9. The van der Waals surface area contributed by atoms with Crippen LogP contribution in [0, 0.1) is 17.2 Å². The number of β-lactam (4-membered cyclic amide) rings is 1. The third-order valence-corrected chi connectivity index (χ3v) is 8.97. The van der Waals surface area contributed by atoms with Crippen LogP contribution in [0.2, 0.25) is 0 Å². The number of piperazine rings is 1. The van der Waals surface area contributed by atoms with Crippen molar-refractivity contribution in [3.05, 3.63) is 29.8 Å². The zero-order valence-electron chi connectivity index (χ0n) is 23.7. The van der Waals surface area contributed by atoms with Crippen molar-refractivity contribution in [3.8, 4) is 0 Å². The number of anilines is 1. The van der Waals surface area contributed by atoms with Crippen LogP contribution in [-0.4, -0.2) is 112 Å². The van der Waals surface area contributed by atoms with Crippen molar-refractivity contribution in [2.24, 2.45) is 17.6 Å². The zero-order valence-corrected chi connectivity index (χ0v) is 23.7. The average molecular weight is 582 g/mol. The van der Waals surface area contributed by atoms with Crippen LogP contribution < -0.4 is 10.6 Å². The Kier molecular flexibility index (Phi) is 8.64. The quantitative estimate of drug-likeness (QED) is 0.176. The van der Waals surface area contributed by atoms with E-state index in [9.17, 15) is 29.1 Å². The van der Waals surface area contributed by atoms with E-state index in [0.29, 0.717) is 64.8 Å². The lowest BCUT2D eigenvalue weighted by atomic mass is 9.78. The van der Waals surface area contributed by atoms with Crippen molar-refractivity contribution in [2.75, 3.05) is 50.7 Å². The molecule has 3 atom stereocenters. The molecule has 0 bridgehead atoms. The van der Waals surface area contributed by atoms with Gasteiger partial charge in [0.2, 0.25) is 17.7 Å². The molecule has 1 aromatic carbocycles. The maximum Gasteiger partial charge on any atom is 0.327 e. The fourth-order valence-corrected chi connectivity index (χ4v) is 6.67. The number of rotatable bonds is 8. The molecule has 5 rings (SSSR count). The summed E-state index contributed by atoms with van der Waals surface area (Å²) in [6.45, 7) is 2.81. The van der Waals surface area contributed by atoms with Crippen LogP contribution in [0.5, 0.6) is 0 Å². The molecule has 4 aliphatic rings. The fourth-order valence-electron chi connectivity index (χ4n) is 6.67. The molecule has 13 heteroatoms. The van der Waals surface area contributed by atoms with Crippen LogP contribution in [0.25, 0.3) is 0 Å². The van der Waals surface area contributed by atoms with Gasteiger partial charge in [-0.1, -0.05) is 18.2 Å². The maximum atomic E-state index is 13.2. The maximum absolute atomic E-state index is 13.2. The Bertz CT molecular complexity index is 1260. The van der Waals surface area contributed by atoms with Gasteiger partial charge in [0.25, 0.3) is 0 Å². The van der Waals surface area contributed by atoms with Crippen LogP contribution in [0.1, 0.15) is 44.1 Å². The number of para-hydroxylation sites is 1. The summed E-state index contributed by atoms with van der Waals surface area (Å²) in [5.74, 6) is -2.42. The Hall–Kier alpha value is -4.16. The summed E-state index contributed by atoms with van der Waals surface area (Å²) in [6, 6.07) is 5.90. The Morgan fingerprint density at radius 1 is 0.976 bits per heavy atom. The van der Waals surface area contributed by atoms with Crippen molar-refractivity contribution < 1.29 is 29.1 Å². The van der Waals surface area contributed by atoms with Gasteiger partial charge in [-0.3, -0.25) is 19.8 Å². The van der Waals surface area contributed by atoms with Crippen molar-refractivity contribution in [1.82, 2.24) is 19.6 Å². The first-order valence-corrected chi connectivity index (χ1v) is 14.8. The molecule has 1 aromatic rings. The molecule has 226 valence electrons. The largest absolute Gasteiger partial charge is 0.480 e. The van der Waals surface area contributed by atoms with Crippen LogP contribution in [0.3, 0.4) is 0 Å². The number of urea groups is 1. The molecule has 13 nitrogen and oxygen atoms in total. The molecule has 4 N–H and O–H groups in total. The number of nitrogens with zero attached hydrogens (tertiary/aromatic N) is 5.